The lowest BCUT2D eigenvalue weighted by Crippen LogP contribution is -2.43. The molecule has 4 rings (SSSR count). The van der Waals surface area contributed by atoms with Crippen LogP contribution in [0.25, 0.3) is 0 Å². The van der Waals surface area contributed by atoms with Gasteiger partial charge in [0, 0.05) is 12.1 Å². The van der Waals surface area contributed by atoms with Crippen molar-refractivity contribution in [3.63, 3.8) is 0 Å². The van der Waals surface area contributed by atoms with Crippen LogP contribution >= 0.6 is 0 Å². The van der Waals surface area contributed by atoms with Crippen molar-refractivity contribution in [2.45, 2.75) is 50.0 Å². The second kappa shape index (κ2) is 5.92. The van der Waals surface area contributed by atoms with Crippen molar-refractivity contribution >= 4 is 0 Å². The molecular formula is C17H22N4O2. The Morgan fingerprint density at radius 1 is 1.30 bits per heavy atom. The van der Waals surface area contributed by atoms with Gasteiger partial charge in [-0.1, -0.05) is 24.1 Å². The molecule has 2 aromatic rings. The van der Waals surface area contributed by atoms with Crippen LogP contribution in [-0.4, -0.2) is 34.8 Å². The molecule has 1 aliphatic heterocycles. The third-order valence-corrected chi connectivity index (χ3v) is 5.22. The topological polar surface area (TPSA) is 73.1 Å². The van der Waals surface area contributed by atoms with Crippen LogP contribution in [0.5, 0.6) is 5.88 Å². The second-order valence-electron chi connectivity index (χ2n) is 6.52. The quantitative estimate of drug-likeness (QED) is 0.933. The summed E-state index contributed by atoms with van der Waals surface area (Å²) in [7, 11) is 1.62. The van der Waals surface area contributed by atoms with Crippen molar-refractivity contribution in [3.8, 4) is 5.88 Å². The van der Waals surface area contributed by atoms with Crippen LogP contribution in [-0.2, 0) is 11.8 Å². The zero-order valence-corrected chi connectivity index (χ0v) is 13.4. The SMILES string of the molecule is COc1cccc(Cc2noc([C@@]34CCCC[C@@H]3NCC4)n2)n1. The number of aromatic nitrogens is 3. The number of rotatable bonds is 4. The largest absolute Gasteiger partial charge is 0.481 e. The van der Waals surface area contributed by atoms with Gasteiger partial charge < -0.3 is 14.6 Å². The number of fused-ring (bicyclic) bond motifs is 1. The van der Waals surface area contributed by atoms with Crippen molar-refractivity contribution in [2.75, 3.05) is 13.7 Å². The van der Waals surface area contributed by atoms with E-state index in [1.165, 1.54) is 19.3 Å². The highest BCUT2D eigenvalue weighted by molar-refractivity contribution is 5.20. The fraction of sp³-hybridized carbons (Fsp3) is 0.588. The Morgan fingerprint density at radius 3 is 3.17 bits per heavy atom. The predicted octanol–water partition coefficient (Wildman–Crippen LogP) is 2.24. The summed E-state index contributed by atoms with van der Waals surface area (Å²) in [5, 5.41) is 7.82. The molecule has 6 heteroatoms. The number of methoxy groups -OCH3 is 1. The summed E-state index contributed by atoms with van der Waals surface area (Å²) in [6, 6.07) is 6.21. The van der Waals surface area contributed by atoms with E-state index in [-0.39, 0.29) is 5.41 Å². The molecule has 1 aliphatic carbocycles. The molecule has 23 heavy (non-hydrogen) atoms. The van der Waals surface area contributed by atoms with E-state index in [4.69, 9.17) is 14.2 Å². The van der Waals surface area contributed by atoms with E-state index in [9.17, 15) is 0 Å². The average Bonchev–Trinajstić information content (AvgIpc) is 3.22. The molecule has 0 spiro atoms. The van der Waals surface area contributed by atoms with Gasteiger partial charge in [0.25, 0.3) is 0 Å². The fourth-order valence-corrected chi connectivity index (χ4v) is 4.03. The Labute approximate surface area is 135 Å². The zero-order valence-electron chi connectivity index (χ0n) is 13.4. The minimum absolute atomic E-state index is 0.0469. The molecule has 2 aliphatic rings. The molecule has 1 saturated carbocycles. The summed E-state index contributed by atoms with van der Waals surface area (Å²) in [6.07, 6.45) is 6.53. The lowest BCUT2D eigenvalue weighted by molar-refractivity contribution is 0.199. The maximum absolute atomic E-state index is 5.68. The smallest absolute Gasteiger partial charge is 0.234 e. The molecule has 0 unspecified atom stereocenters. The van der Waals surface area contributed by atoms with Crippen molar-refractivity contribution in [1.29, 1.82) is 0 Å². The van der Waals surface area contributed by atoms with Crippen molar-refractivity contribution in [1.82, 2.24) is 20.4 Å². The van der Waals surface area contributed by atoms with Crippen LogP contribution in [0, 0.1) is 0 Å². The minimum atomic E-state index is 0.0469. The Morgan fingerprint density at radius 2 is 2.26 bits per heavy atom. The first kappa shape index (κ1) is 14.6. The summed E-state index contributed by atoms with van der Waals surface area (Å²) >= 11 is 0. The van der Waals surface area contributed by atoms with E-state index in [0.717, 1.165) is 31.0 Å². The highest BCUT2D eigenvalue weighted by Gasteiger charge is 2.49. The van der Waals surface area contributed by atoms with E-state index in [1.807, 2.05) is 18.2 Å². The number of hydrogen-bond donors (Lipinski definition) is 1. The molecule has 0 bridgehead atoms. The standard InChI is InChI=1S/C17H22N4O2/c1-22-15-7-4-5-12(19-15)11-14-20-16(23-21-14)17-8-3-2-6-13(17)18-10-9-17/h4-5,7,13,18H,2-3,6,8-11H2,1H3/t13-,17+/m0/s1. The molecule has 2 atom stereocenters. The van der Waals surface area contributed by atoms with E-state index in [2.05, 4.69) is 15.5 Å². The van der Waals surface area contributed by atoms with Crippen molar-refractivity contribution < 1.29 is 9.26 Å². The number of pyridine rings is 1. The van der Waals surface area contributed by atoms with E-state index in [0.29, 0.717) is 24.2 Å². The fourth-order valence-electron chi connectivity index (χ4n) is 4.03. The van der Waals surface area contributed by atoms with Gasteiger partial charge in [0.1, 0.15) is 0 Å². The van der Waals surface area contributed by atoms with Gasteiger partial charge in [-0.2, -0.15) is 4.98 Å². The molecule has 122 valence electrons. The first-order chi connectivity index (χ1) is 11.3. The lowest BCUT2D eigenvalue weighted by Gasteiger charge is -2.35. The first-order valence-corrected chi connectivity index (χ1v) is 8.36. The molecular weight excluding hydrogens is 292 g/mol. The maximum Gasteiger partial charge on any atom is 0.234 e. The maximum atomic E-state index is 5.68. The normalized spacial score (nSPS) is 26.9. The van der Waals surface area contributed by atoms with Crippen LogP contribution in [0.3, 0.4) is 0 Å². The summed E-state index contributed by atoms with van der Waals surface area (Å²) in [5.41, 5.74) is 0.935. The lowest BCUT2D eigenvalue weighted by atomic mass is 9.70. The van der Waals surface area contributed by atoms with Gasteiger partial charge >= 0.3 is 0 Å². The highest BCUT2D eigenvalue weighted by Crippen LogP contribution is 2.44. The van der Waals surface area contributed by atoms with Crippen LogP contribution in [0.2, 0.25) is 0 Å². The van der Waals surface area contributed by atoms with Gasteiger partial charge in [0.05, 0.1) is 24.6 Å². The summed E-state index contributed by atoms with van der Waals surface area (Å²) < 4.78 is 10.8. The highest BCUT2D eigenvalue weighted by atomic mass is 16.5. The Kier molecular flexibility index (Phi) is 3.77. The third-order valence-electron chi connectivity index (χ3n) is 5.22. The van der Waals surface area contributed by atoms with Gasteiger partial charge in [0.15, 0.2) is 5.82 Å². The minimum Gasteiger partial charge on any atom is -0.481 e. The van der Waals surface area contributed by atoms with Gasteiger partial charge in [-0.15, -0.1) is 0 Å². The first-order valence-electron chi connectivity index (χ1n) is 8.36. The van der Waals surface area contributed by atoms with Crippen LogP contribution in [0.1, 0.15) is 49.5 Å². The molecule has 3 heterocycles. The number of nitrogens with one attached hydrogen (secondary N) is 1. The molecule has 2 fully saturated rings. The molecule has 1 N–H and O–H groups in total. The van der Waals surface area contributed by atoms with Gasteiger partial charge in [0.2, 0.25) is 11.8 Å². The van der Waals surface area contributed by atoms with Gasteiger partial charge in [-0.25, -0.2) is 4.98 Å². The Bertz CT molecular complexity index is 687. The Balaban J connectivity index is 1.56. The van der Waals surface area contributed by atoms with Gasteiger partial charge in [-0.05, 0) is 31.9 Å². The average molecular weight is 314 g/mol. The van der Waals surface area contributed by atoms with Gasteiger partial charge in [-0.3, -0.25) is 0 Å². The zero-order chi connectivity index (χ0) is 15.7. The second-order valence-corrected chi connectivity index (χ2v) is 6.52. The molecule has 2 aromatic heterocycles. The summed E-state index contributed by atoms with van der Waals surface area (Å²) in [4.78, 5) is 9.14. The molecule has 0 amide bonds. The van der Waals surface area contributed by atoms with E-state index >= 15 is 0 Å². The molecule has 0 aromatic carbocycles. The van der Waals surface area contributed by atoms with Crippen LogP contribution in [0.4, 0.5) is 0 Å². The summed E-state index contributed by atoms with van der Waals surface area (Å²) in [6.45, 7) is 1.04. The number of nitrogens with zero attached hydrogens (tertiary/aromatic N) is 3. The monoisotopic (exact) mass is 314 g/mol. The van der Waals surface area contributed by atoms with Crippen molar-refractivity contribution in [3.05, 3.63) is 35.6 Å². The van der Waals surface area contributed by atoms with Crippen LogP contribution < -0.4 is 10.1 Å². The third kappa shape index (κ3) is 2.61. The van der Waals surface area contributed by atoms with Crippen molar-refractivity contribution in [2.24, 2.45) is 0 Å². The Hall–Kier alpha value is -1.95. The molecule has 1 saturated heterocycles. The number of ether oxygens (including phenoxy) is 1. The molecule has 0 radical (unpaired) electrons. The van der Waals surface area contributed by atoms with Crippen LogP contribution in [0.15, 0.2) is 22.7 Å². The van der Waals surface area contributed by atoms with E-state index < -0.39 is 0 Å². The predicted molar refractivity (Wildman–Crippen MR) is 84.4 cm³/mol. The molecule has 6 nitrogen and oxygen atoms in total. The number of hydrogen-bond acceptors (Lipinski definition) is 6. The van der Waals surface area contributed by atoms with E-state index in [1.54, 1.807) is 7.11 Å². The summed E-state index contributed by atoms with van der Waals surface area (Å²) in [5.74, 6) is 2.12.